The molecule has 1 heterocycles. The lowest BCUT2D eigenvalue weighted by atomic mass is 10.1. The van der Waals surface area contributed by atoms with E-state index in [2.05, 4.69) is 33.2 Å². The smallest absolute Gasteiger partial charge is 0.262 e. The predicted molar refractivity (Wildman–Crippen MR) is 110 cm³/mol. The van der Waals surface area contributed by atoms with Crippen molar-refractivity contribution in [1.29, 1.82) is 0 Å². The lowest BCUT2D eigenvalue weighted by Crippen LogP contribution is -2.43. The van der Waals surface area contributed by atoms with Crippen molar-refractivity contribution in [1.82, 2.24) is 10.2 Å². The van der Waals surface area contributed by atoms with Gasteiger partial charge < -0.3 is 10.6 Å². The number of benzene rings is 2. The van der Waals surface area contributed by atoms with Gasteiger partial charge in [-0.15, -0.1) is 0 Å². The number of thiocarbonyl (C=S) groups is 1. The standard InChI is InChI=1S/C18H14IN3O3S/c1-10-8-11(19)6-7-14(10)20-18(26)21-15(23)9-22-16(24)12-4-2-3-5-13(12)17(22)25/h2-8H,9H2,1H3,(H2,20,21,23,26). The van der Waals surface area contributed by atoms with Crippen molar-refractivity contribution in [3.05, 3.63) is 62.7 Å². The van der Waals surface area contributed by atoms with E-state index in [0.717, 1.165) is 19.7 Å². The molecule has 8 heteroatoms. The van der Waals surface area contributed by atoms with Crippen molar-refractivity contribution in [3.8, 4) is 0 Å². The summed E-state index contributed by atoms with van der Waals surface area (Å²) in [6.07, 6.45) is 0. The molecule has 26 heavy (non-hydrogen) atoms. The van der Waals surface area contributed by atoms with Gasteiger partial charge in [0.1, 0.15) is 6.54 Å². The number of halogens is 1. The maximum Gasteiger partial charge on any atom is 0.262 e. The van der Waals surface area contributed by atoms with Crippen LogP contribution in [0.2, 0.25) is 0 Å². The Morgan fingerprint density at radius 2 is 1.73 bits per heavy atom. The Bertz CT molecular complexity index is 910. The van der Waals surface area contributed by atoms with E-state index in [1.807, 2.05) is 25.1 Å². The van der Waals surface area contributed by atoms with E-state index in [1.165, 1.54) is 0 Å². The lowest BCUT2D eigenvalue weighted by molar-refractivity contribution is -0.120. The number of carbonyl (C=O) groups excluding carboxylic acids is 3. The fourth-order valence-corrected chi connectivity index (χ4v) is 3.48. The molecule has 0 aliphatic carbocycles. The Balaban J connectivity index is 1.62. The number of nitrogens with one attached hydrogen (secondary N) is 2. The van der Waals surface area contributed by atoms with Gasteiger partial charge in [0, 0.05) is 9.26 Å². The number of rotatable bonds is 3. The summed E-state index contributed by atoms with van der Waals surface area (Å²) in [5, 5.41) is 5.55. The van der Waals surface area contributed by atoms with E-state index in [9.17, 15) is 14.4 Å². The van der Waals surface area contributed by atoms with E-state index >= 15 is 0 Å². The molecular weight excluding hydrogens is 465 g/mol. The van der Waals surface area contributed by atoms with Gasteiger partial charge in [0.2, 0.25) is 5.91 Å². The Morgan fingerprint density at radius 3 is 2.31 bits per heavy atom. The topological polar surface area (TPSA) is 78.5 Å². The number of fused-ring (bicyclic) bond motifs is 1. The second kappa shape index (κ2) is 7.50. The van der Waals surface area contributed by atoms with Crippen LogP contribution in [0.3, 0.4) is 0 Å². The third-order valence-corrected chi connectivity index (χ3v) is 4.74. The highest BCUT2D eigenvalue weighted by molar-refractivity contribution is 14.1. The highest BCUT2D eigenvalue weighted by atomic mass is 127. The molecule has 0 aromatic heterocycles. The van der Waals surface area contributed by atoms with E-state index in [1.54, 1.807) is 24.3 Å². The van der Waals surface area contributed by atoms with Crippen molar-refractivity contribution in [2.24, 2.45) is 0 Å². The fourth-order valence-electron chi connectivity index (χ4n) is 2.61. The van der Waals surface area contributed by atoms with Crippen molar-refractivity contribution < 1.29 is 14.4 Å². The molecule has 0 saturated heterocycles. The number of amides is 3. The molecule has 6 nitrogen and oxygen atoms in total. The minimum atomic E-state index is -0.542. The summed E-state index contributed by atoms with van der Waals surface area (Å²) in [6, 6.07) is 12.2. The largest absolute Gasteiger partial charge is 0.332 e. The molecule has 0 spiro atoms. The highest BCUT2D eigenvalue weighted by Gasteiger charge is 2.36. The minimum Gasteiger partial charge on any atom is -0.332 e. The van der Waals surface area contributed by atoms with Gasteiger partial charge in [-0.1, -0.05) is 12.1 Å². The highest BCUT2D eigenvalue weighted by Crippen LogP contribution is 2.22. The average Bonchev–Trinajstić information content (AvgIpc) is 2.83. The van der Waals surface area contributed by atoms with Gasteiger partial charge in [-0.2, -0.15) is 0 Å². The molecule has 0 radical (unpaired) electrons. The van der Waals surface area contributed by atoms with Crippen molar-refractivity contribution in [3.63, 3.8) is 0 Å². The summed E-state index contributed by atoms with van der Waals surface area (Å²) in [5.74, 6) is -1.50. The molecule has 3 amide bonds. The Morgan fingerprint density at radius 1 is 1.12 bits per heavy atom. The van der Waals surface area contributed by atoms with Crippen LogP contribution in [0.4, 0.5) is 5.69 Å². The van der Waals surface area contributed by atoms with Crippen LogP contribution in [-0.4, -0.2) is 34.3 Å². The van der Waals surface area contributed by atoms with Crippen LogP contribution < -0.4 is 10.6 Å². The van der Waals surface area contributed by atoms with Crippen LogP contribution in [-0.2, 0) is 4.79 Å². The molecule has 2 aromatic rings. The third kappa shape index (κ3) is 3.75. The molecule has 132 valence electrons. The molecule has 0 atom stereocenters. The molecule has 0 bridgehead atoms. The molecular formula is C18H14IN3O3S. The number of aryl methyl sites for hydroxylation is 1. The number of hydrogen-bond acceptors (Lipinski definition) is 4. The van der Waals surface area contributed by atoms with Crippen LogP contribution >= 0.6 is 34.8 Å². The van der Waals surface area contributed by atoms with Gasteiger partial charge in [-0.3, -0.25) is 19.3 Å². The third-order valence-electron chi connectivity index (χ3n) is 3.87. The number of anilines is 1. The summed E-state index contributed by atoms with van der Waals surface area (Å²) >= 11 is 7.35. The molecule has 0 fully saturated rings. The van der Waals surface area contributed by atoms with Crippen LogP contribution in [0.1, 0.15) is 26.3 Å². The molecule has 2 N–H and O–H groups in total. The van der Waals surface area contributed by atoms with Gasteiger partial charge in [-0.05, 0) is 77.6 Å². The number of hydrogen-bond donors (Lipinski definition) is 2. The zero-order chi connectivity index (χ0) is 18.8. The normalized spacial score (nSPS) is 12.8. The molecule has 0 unspecified atom stereocenters. The first-order valence-electron chi connectivity index (χ1n) is 7.69. The zero-order valence-electron chi connectivity index (χ0n) is 13.7. The van der Waals surface area contributed by atoms with Gasteiger partial charge in [-0.25, -0.2) is 0 Å². The first-order chi connectivity index (χ1) is 12.4. The molecule has 2 aromatic carbocycles. The monoisotopic (exact) mass is 479 g/mol. The second-order valence-electron chi connectivity index (χ2n) is 5.70. The summed E-state index contributed by atoms with van der Waals surface area (Å²) < 4.78 is 1.09. The van der Waals surface area contributed by atoms with E-state index in [4.69, 9.17) is 12.2 Å². The van der Waals surface area contributed by atoms with E-state index < -0.39 is 17.7 Å². The van der Waals surface area contributed by atoms with E-state index in [-0.39, 0.29) is 11.7 Å². The van der Waals surface area contributed by atoms with E-state index in [0.29, 0.717) is 11.1 Å². The van der Waals surface area contributed by atoms with Crippen molar-refractivity contribution in [2.45, 2.75) is 6.92 Å². The van der Waals surface area contributed by atoms with Crippen molar-refractivity contribution >= 4 is 63.3 Å². The number of imide groups is 1. The Hall–Kier alpha value is -2.33. The minimum absolute atomic E-state index is 0.107. The predicted octanol–water partition coefficient (Wildman–Crippen LogP) is 2.71. The Kier molecular flexibility index (Phi) is 5.33. The maximum atomic E-state index is 12.3. The lowest BCUT2D eigenvalue weighted by Gasteiger charge is -2.15. The summed E-state index contributed by atoms with van der Waals surface area (Å²) in [5.41, 5.74) is 2.37. The molecule has 1 aliphatic heterocycles. The van der Waals surface area contributed by atoms with Gasteiger partial charge in [0.25, 0.3) is 11.8 Å². The summed E-state index contributed by atoms with van der Waals surface area (Å²) in [6.45, 7) is 1.54. The van der Waals surface area contributed by atoms with Crippen LogP contribution in [0.5, 0.6) is 0 Å². The fraction of sp³-hybridized carbons (Fsp3) is 0.111. The average molecular weight is 479 g/mol. The van der Waals surface area contributed by atoms with Crippen molar-refractivity contribution in [2.75, 3.05) is 11.9 Å². The SMILES string of the molecule is Cc1cc(I)ccc1NC(=S)NC(=O)CN1C(=O)c2ccccc2C1=O. The molecule has 3 rings (SSSR count). The van der Waals surface area contributed by atoms with Gasteiger partial charge >= 0.3 is 0 Å². The molecule has 1 aliphatic rings. The Labute approximate surface area is 169 Å². The van der Waals surface area contributed by atoms with Gasteiger partial charge in [0.05, 0.1) is 11.1 Å². The first kappa shape index (κ1) is 18.5. The maximum absolute atomic E-state index is 12.3. The summed E-state index contributed by atoms with van der Waals surface area (Å²) in [7, 11) is 0. The van der Waals surface area contributed by atoms with Gasteiger partial charge in [0.15, 0.2) is 5.11 Å². The summed E-state index contributed by atoms with van der Waals surface area (Å²) in [4.78, 5) is 37.7. The van der Waals surface area contributed by atoms with Crippen LogP contribution in [0.25, 0.3) is 0 Å². The second-order valence-corrected chi connectivity index (χ2v) is 7.36. The number of carbonyl (C=O) groups is 3. The van der Waals surface area contributed by atoms with Crippen LogP contribution in [0, 0.1) is 10.5 Å². The molecule has 0 saturated carbocycles. The zero-order valence-corrected chi connectivity index (χ0v) is 16.7. The van der Waals surface area contributed by atoms with Crippen LogP contribution in [0.15, 0.2) is 42.5 Å². The first-order valence-corrected chi connectivity index (χ1v) is 9.17. The quantitative estimate of drug-likeness (QED) is 0.402. The number of nitrogens with zero attached hydrogens (tertiary/aromatic N) is 1.